The molecule has 3 nitrogen and oxygen atoms in total. The van der Waals surface area contributed by atoms with Gasteiger partial charge in [0.15, 0.2) is 0 Å². The van der Waals surface area contributed by atoms with Crippen molar-refractivity contribution in [1.29, 1.82) is 5.26 Å². The SMILES string of the molecule is CC(C)CN(CCC#N)C(=O)c1cc2c(s1)CCCC2. The molecule has 0 bridgehead atoms. The van der Waals surface area contributed by atoms with Crippen molar-refractivity contribution in [3.63, 3.8) is 0 Å². The Morgan fingerprint density at radius 2 is 2.20 bits per heavy atom. The van der Waals surface area contributed by atoms with Crippen molar-refractivity contribution >= 4 is 17.2 Å². The zero-order valence-corrected chi connectivity index (χ0v) is 13.1. The molecule has 1 aliphatic rings. The number of rotatable bonds is 5. The van der Waals surface area contributed by atoms with Crippen molar-refractivity contribution in [3.05, 3.63) is 21.4 Å². The number of hydrogen-bond acceptors (Lipinski definition) is 3. The molecule has 0 radical (unpaired) electrons. The van der Waals surface area contributed by atoms with Crippen molar-refractivity contribution in [2.24, 2.45) is 5.92 Å². The van der Waals surface area contributed by atoms with Crippen LogP contribution in [0, 0.1) is 17.2 Å². The van der Waals surface area contributed by atoms with E-state index in [0.717, 1.165) is 24.3 Å². The number of fused-ring (bicyclic) bond motifs is 1. The number of carbonyl (C=O) groups excluding carboxylic acids is 1. The van der Waals surface area contributed by atoms with Crippen molar-refractivity contribution in [1.82, 2.24) is 4.90 Å². The molecule has 1 aromatic heterocycles. The number of nitrogens with zero attached hydrogens (tertiary/aromatic N) is 2. The van der Waals surface area contributed by atoms with E-state index < -0.39 is 0 Å². The molecule has 0 saturated carbocycles. The Morgan fingerprint density at radius 1 is 1.45 bits per heavy atom. The van der Waals surface area contributed by atoms with Crippen LogP contribution in [0.15, 0.2) is 6.07 Å². The molecule has 0 N–H and O–H groups in total. The fourth-order valence-electron chi connectivity index (χ4n) is 2.65. The molecule has 0 aromatic carbocycles. The highest BCUT2D eigenvalue weighted by Gasteiger charge is 2.21. The van der Waals surface area contributed by atoms with Gasteiger partial charge in [-0.15, -0.1) is 11.3 Å². The molecule has 0 atom stereocenters. The van der Waals surface area contributed by atoms with E-state index in [0.29, 0.717) is 18.9 Å². The lowest BCUT2D eigenvalue weighted by molar-refractivity contribution is 0.0745. The van der Waals surface area contributed by atoms with Gasteiger partial charge in [0.25, 0.3) is 5.91 Å². The van der Waals surface area contributed by atoms with Gasteiger partial charge in [-0.25, -0.2) is 0 Å². The van der Waals surface area contributed by atoms with Gasteiger partial charge in [-0.2, -0.15) is 5.26 Å². The Bertz CT molecular complexity index is 490. The molecule has 1 aromatic rings. The van der Waals surface area contributed by atoms with Crippen LogP contribution in [0.5, 0.6) is 0 Å². The first-order valence-corrected chi connectivity index (χ1v) is 8.21. The zero-order chi connectivity index (χ0) is 14.5. The molecule has 4 heteroatoms. The molecule has 1 amide bonds. The summed E-state index contributed by atoms with van der Waals surface area (Å²) in [7, 11) is 0. The predicted octanol–water partition coefficient (Wildman–Crippen LogP) is 3.64. The number of thiophene rings is 1. The minimum atomic E-state index is 0.105. The van der Waals surface area contributed by atoms with Crippen molar-refractivity contribution in [2.75, 3.05) is 13.1 Å². The predicted molar refractivity (Wildman–Crippen MR) is 81.9 cm³/mol. The molecular formula is C16H22N2OS. The topological polar surface area (TPSA) is 44.1 Å². The smallest absolute Gasteiger partial charge is 0.263 e. The van der Waals surface area contributed by atoms with Crippen LogP contribution in [-0.4, -0.2) is 23.9 Å². The third kappa shape index (κ3) is 3.61. The highest BCUT2D eigenvalue weighted by Crippen LogP contribution is 2.30. The first-order chi connectivity index (χ1) is 9.61. The van der Waals surface area contributed by atoms with Crippen molar-refractivity contribution < 1.29 is 4.79 Å². The first kappa shape index (κ1) is 15.1. The molecule has 0 unspecified atom stereocenters. The van der Waals surface area contributed by atoms with Gasteiger partial charge in [-0.05, 0) is 43.2 Å². The first-order valence-electron chi connectivity index (χ1n) is 7.39. The average Bonchev–Trinajstić information content (AvgIpc) is 2.86. The van der Waals surface area contributed by atoms with E-state index in [-0.39, 0.29) is 5.91 Å². The summed E-state index contributed by atoms with van der Waals surface area (Å²) in [5.41, 5.74) is 1.37. The van der Waals surface area contributed by atoms with Gasteiger partial charge in [0.2, 0.25) is 0 Å². The Balaban J connectivity index is 2.13. The van der Waals surface area contributed by atoms with E-state index in [9.17, 15) is 4.79 Å². The van der Waals surface area contributed by atoms with Gasteiger partial charge in [0.05, 0.1) is 17.4 Å². The molecule has 0 aliphatic heterocycles. The molecule has 0 spiro atoms. The summed E-state index contributed by atoms with van der Waals surface area (Å²) in [6.45, 7) is 5.47. The Labute approximate surface area is 125 Å². The molecule has 0 fully saturated rings. The maximum atomic E-state index is 12.6. The Kier molecular flexibility index (Phi) is 5.19. The highest BCUT2D eigenvalue weighted by molar-refractivity contribution is 7.14. The molecule has 0 saturated heterocycles. The summed E-state index contributed by atoms with van der Waals surface area (Å²) in [6.07, 6.45) is 5.12. The minimum Gasteiger partial charge on any atom is -0.337 e. The lowest BCUT2D eigenvalue weighted by Gasteiger charge is -2.22. The summed E-state index contributed by atoms with van der Waals surface area (Å²) >= 11 is 1.66. The molecule has 2 rings (SSSR count). The largest absolute Gasteiger partial charge is 0.337 e. The van der Waals surface area contributed by atoms with Gasteiger partial charge < -0.3 is 4.90 Å². The van der Waals surface area contributed by atoms with E-state index >= 15 is 0 Å². The summed E-state index contributed by atoms with van der Waals surface area (Å²) in [6, 6.07) is 4.22. The van der Waals surface area contributed by atoms with Gasteiger partial charge in [-0.1, -0.05) is 13.8 Å². The monoisotopic (exact) mass is 290 g/mol. The quantitative estimate of drug-likeness (QED) is 0.831. The van der Waals surface area contributed by atoms with E-state index in [1.807, 2.05) is 4.90 Å². The second-order valence-corrected chi connectivity index (χ2v) is 6.96. The maximum Gasteiger partial charge on any atom is 0.263 e. The average molecular weight is 290 g/mol. The van der Waals surface area contributed by atoms with Gasteiger partial charge in [0.1, 0.15) is 0 Å². The van der Waals surface area contributed by atoms with Crippen LogP contribution in [0.25, 0.3) is 0 Å². The number of nitriles is 1. The van der Waals surface area contributed by atoms with Crippen molar-refractivity contribution in [3.8, 4) is 6.07 Å². The third-order valence-corrected chi connectivity index (χ3v) is 4.80. The van der Waals surface area contributed by atoms with Crippen LogP contribution in [0.4, 0.5) is 0 Å². The van der Waals surface area contributed by atoms with Gasteiger partial charge in [-0.3, -0.25) is 4.79 Å². The number of aryl methyl sites for hydroxylation is 2. The molecule has 1 aliphatic carbocycles. The number of carbonyl (C=O) groups is 1. The van der Waals surface area contributed by atoms with Gasteiger partial charge in [0, 0.05) is 18.0 Å². The molecular weight excluding hydrogens is 268 g/mol. The van der Waals surface area contributed by atoms with E-state index in [2.05, 4.69) is 26.0 Å². The Hall–Kier alpha value is -1.34. The molecule has 1 heterocycles. The van der Waals surface area contributed by atoms with E-state index in [1.54, 1.807) is 11.3 Å². The standard InChI is InChI=1S/C16H22N2OS/c1-12(2)11-18(9-5-8-17)16(19)15-10-13-6-3-4-7-14(13)20-15/h10,12H,3-7,9,11H2,1-2H3. The second kappa shape index (κ2) is 6.90. The zero-order valence-electron chi connectivity index (χ0n) is 12.3. The summed E-state index contributed by atoms with van der Waals surface area (Å²) in [5.74, 6) is 0.528. The summed E-state index contributed by atoms with van der Waals surface area (Å²) in [4.78, 5) is 16.7. The fraction of sp³-hybridized carbons (Fsp3) is 0.625. The van der Waals surface area contributed by atoms with Gasteiger partial charge >= 0.3 is 0 Å². The second-order valence-electron chi connectivity index (χ2n) is 5.82. The van der Waals surface area contributed by atoms with E-state index in [1.165, 1.54) is 23.3 Å². The van der Waals surface area contributed by atoms with E-state index in [4.69, 9.17) is 5.26 Å². The molecule has 108 valence electrons. The van der Waals surface area contributed by atoms with Crippen LogP contribution < -0.4 is 0 Å². The van der Waals surface area contributed by atoms with Crippen LogP contribution in [0.3, 0.4) is 0 Å². The van der Waals surface area contributed by atoms with Crippen molar-refractivity contribution in [2.45, 2.75) is 46.0 Å². The van der Waals surface area contributed by atoms with Crippen LogP contribution in [0.2, 0.25) is 0 Å². The number of hydrogen-bond donors (Lipinski definition) is 0. The number of amides is 1. The lowest BCUT2D eigenvalue weighted by Crippen LogP contribution is -2.34. The summed E-state index contributed by atoms with van der Waals surface area (Å²) < 4.78 is 0. The van der Waals surface area contributed by atoms with Crippen LogP contribution in [-0.2, 0) is 12.8 Å². The fourth-order valence-corrected chi connectivity index (χ4v) is 3.87. The normalized spacial score (nSPS) is 13.9. The summed E-state index contributed by atoms with van der Waals surface area (Å²) in [5, 5.41) is 8.75. The van der Waals surface area contributed by atoms with Crippen LogP contribution in [0.1, 0.15) is 53.2 Å². The van der Waals surface area contributed by atoms with Crippen LogP contribution >= 0.6 is 11.3 Å². The lowest BCUT2D eigenvalue weighted by atomic mass is 9.99. The highest BCUT2D eigenvalue weighted by atomic mass is 32.1. The third-order valence-electron chi connectivity index (χ3n) is 3.57. The minimum absolute atomic E-state index is 0.105. The molecule has 20 heavy (non-hydrogen) atoms. The maximum absolute atomic E-state index is 12.6. The Morgan fingerprint density at radius 3 is 2.85 bits per heavy atom.